The molecule has 0 N–H and O–H groups in total. The van der Waals surface area contributed by atoms with Crippen LogP contribution in [0.3, 0.4) is 0 Å². The Morgan fingerprint density at radius 2 is 1.18 bits per heavy atom. The Hall–Kier alpha value is -0.850. The molecule has 0 atom stereocenters. The molecule has 0 aliphatic carbocycles. The van der Waals surface area contributed by atoms with E-state index < -0.39 is 0 Å². The molecule has 0 amide bonds. The third-order valence-corrected chi connectivity index (χ3v) is 2.85. The Kier molecular flexibility index (Phi) is 14.4. The van der Waals surface area contributed by atoms with E-state index >= 15 is 0 Å². The van der Waals surface area contributed by atoms with Gasteiger partial charge in [-0.25, -0.2) is 0 Å². The first-order valence-corrected chi connectivity index (χ1v) is 7.11. The number of carbonyl (C=O) groups excluding carboxylic acids is 1. The second-order valence-electron chi connectivity index (χ2n) is 4.48. The molecule has 1 nitrogen and oxygen atoms in total. The molecule has 98 valence electrons. The highest BCUT2D eigenvalue weighted by atomic mass is 16.1. The molecule has 0 aliphatic rings. The normalized spacial score (nSPS) is 11.6. The van der Waals surface area contributed by atoms with Crippen molar-refractivity contribution in [3.05, 3.63) is 24.3 Å². The van der Waals surface area contributed by atoms with Gasteiger partial charge < -0.3 is 4.79 Å². The zero-order valence-electron chi connectivity index (χ0n) is 11.4. The number of hydrogen-bond acceptors (Lipinski definition) is 1. The summed E-state index contributed by atoms with van der Waals surface area (Å²) in [6.07, 6.45) is 21.8. The first kappa shape index (κ1) is 16.1. The Balaban J connectivity index is 3.04. The molecule has 17 heavy (non-hydrogen) atoms. The number of allylic oxidation sites excluding steroid dienone is 4. The second-order valence-corrected chi connectivity index (χ2v) is 4.48. The van der Waals surface area contributed by atoms with Crippen molar-refractivity contribution in [3.63, 3.8) is 0 Å². The summed E-state index contributed by atoms with van der Waals surface area (Å²) < 4.78 is 0. The van der Waals surface area contributed by atoms with Gasteiger partial charge in [-0.1, -0.05) is 50.0 Å². The SMILES string of the molecule is C/C=C/CC/C=C/CCCCCCCCC=O. The lowest BCUT2D eigenvalue weighted by Crippen LogP contribution is -1.80. The van der Waals surface area contributed by atoms with Crippen molar-refractivity contribution in [1.29, 1.82) is 0 Å². The highest BCUT2D eigenvalue weighted by molar-refractivity contribution is 5.48. The van der Waals surface area contributed by atoms with E-state index in [4.69, 9.17) is 0 Å². The monoisotopic (exact) mass is 236 g/mol. The van der Waals surface area contributed by atoms with E-state index in [-0.39, 0.29) is 0 Å². The van der Waals surface area contributed by atoms with Gasteiger partial charge in [0.15, 0.2) is 0 Å². The van der Waals surface area contributed by atoms with Crippen molar-refractivity contribution in [3.8, 4) is 0 Å². The number of carbonyl (C=O) groups is 1. The van der Waals surface area contributed by atoms with Crippen molar-refractivity contribution >= 4 is 6.29 Å². The minimum absolute atomic E-state index is 0.745. The van der Waals surface area contributed by atoms with Crippen LogP contribution in [0.1, 0.15) is 71.1 Å². The summed E-state index contributed by atoms with van der Waals surface area (Å²) in [6.45, 7) is 2.07. The van der Waals surface area contributed by atoms with E-state index in [1.165, 1.54) is 51.4 Å². The minimum Gasteiger partial charge on any atom is -0.303 e. The zero-order chi connectivity index (χ0) is 12.6. The molecular weight excluding hydrogens is 208 g/mol. The average molecular weight is 236 g/mol. The fraction of sp³-hybridized carbons (Fsp3) is 0.688. The Morgan fingerprint density at radius 1 is 0.647 bits per heavy atom. The third kappa shape index (κ3) is 15.1. The van der Waals surface area contributed by atoms with Crippen molar-refractivity contribution in [2.45, 2.75) is 71.1 Å². The van der Waals surface area contributed by atoms with Gasteiger partial charge in [-0.15, -0.1) is 0 Å². The average Bonchev–Trinajstić information content (AvgIpc) is 2.35. The highest BCUT2D eigenvalue weighted by Crippen LogP contribution is 2.08. The van der Waals surface area contributed by atoms with Gasteiger partial charge in [-0.05, 0) is 39.0 Å². The molecule has 0 heterocycles. The minimum atomic E-state index is 0.745. The molecule has 0 radical (unpaired) electrons. The van der Waals surface area contributed by atoms with Gasteiger partial charge in [-0.3, -0.25) is 0 Å². The lowest BCUT2D eigenvalue weighted by atomic mass is 10.1. The van der Waals surface area contributed by atoms with Crippen LogP contribution in [0.15, 0.2) is 24.3 Å². The molecule has 0 saturated carbocycles. The highest BCUT2D eigenvalue weighted by Gasteiger charge is 1.90. The van der Waals surface area contributed by atoms with Gasteiger partial charge >= 0.3 is 0 Å². The van der Waals surface area contributed by atoms with E-state index in [9.17, 15) is 4.79 Å². The summed E-state index contributed by atoms with van der Waals surface area (Å²) in [6, 6.07) is 0. The van der Waals surface area contributed by atoms with E-state index in [0.29, 0.717) is 0 Å². The quantitative estimate of drug-likeness (QED) is 0.258. The summed E-state index contributed by atoms with van der Waals surface area (Å²) >= 11 is 0. The van der Waals surface area contributed by atoms with Crippen molar-refractivity contribution < 1.29 is 4.79 Å². The molecule has 0 aliphatic heterocycles. The summed E-state index contributed by atoms with van der Waals surface area (Å²) in [5.41, 5.74) is 0. The molecule has 1 heteroatoms. The molecule has 0 aromatic heterocycles. The Morgan fingerprint density at radius 3 is 1.82 bits per heavy atom. The Bertz CT molecular complexity index is 204. The van der Waals surface area contributed by atoms with Crippen LogP contribution in [0, 0.1) is 0 Å². The van der Waals surface area contributed by atoms with Gasteiger partial charge in [-0.2, -0.15) is 0 Å². The summed E-state index contributed by atoms with van der Waals surface area (Å²) in [5.74, 6) is 0. The number of hydrogen-bond donors (Lipinski definition) is 0. The zero-order valence-corrected chi connectivity index (χ0v) is 11.4. The first-order chi connectivity index (χ1) is 8.41. The number of rotatable bonds is 12. The van der Waals surface area contributed by atoms with E-state index in [2.05, 4.69) is 31.2 Å². The summed E-state index contributed by atoms with van der Waals surface area (Å²) in [5, 5.41) is 0. The second kappa shape index (κ2) is 15.1. The van der Waals surface area contributed by atoms with Crippen LogP contribution in [0.25, 0.3) is 0 Å². The maximum atomic E-state index is 10.1. The number of unbranched alkanes of at least 4 members (excludes halogenated alkanes) is 8. The van der Waals surface area contributed by atoms with Crippen LogP contribution in [0.5, 0.6) is 0 Å². The maximum absolute atomic E-state index is 10.1. The van der Waals surface area contributed by atoms with Gasteiger partial charge in [0, 0.05) is 6.42 Å². The molecule has 0 spiro atoms. The van der Waals surface area contributed by atoms with E-state index in [0.717, 1.165) is 19.1 Å². The smallest absolute Gasteiger partial charge is 0.119 e. The van der Waals surface area contributed by atoms with Crippen LogP contribution in [0.4, 0.5) is 0 Å². The lowest BCUT2D eigenvalue weighted by molar-refractivity contribution is -0.107. The van der Waals surface area contributed by atoms with Crippen LogP contribution in [0.2, 0.25) is 0 Å². The molecule has 0 bridgehead atoms. The van der Waals surface area contributed by atoms with Gasteiger partial charge in [0.05, 0.1) is 0 Å². The fourth-order valence-electron chi connectivity index (χ4n) is 1.79. The van der Waals surface area contributed by atoms with Gasteiger partial charge in [0.25, 0.3) is 0 Å². The van der Waals surface area contributed by atoms with E-state index in [1.54, 1.807) is 0 Å². The summed E-state index contributed by atoms with van der Waals surface area (Å²) in [4.78, 5) is 10.1. The molecule has 0 aromatic rings. The third-order valence-electron chi connectivity index (χ3n) is 2.85. The topological polar surface area (TPSA) is 17.1 Å². The molecule has 0 rings (SSSR count). The van der Waals surface area contributed by atoms with Crippen LogP contribution in [-0.2, 0) is 4.79 Å². The van der Waals surface area contributed by atoms with Gasteiger partial charge in [0.1, 0.15) is 6.29 Å². The molecule has 0 saturated heterocycles. The van der Waals surface area contributed by atoms with Crippen molar-refractivity contribution in [2.24, 2.45) is 0 Å². The van der Waals surface area contributed by atoms with Crippen molar-refractivity contribution in [1.82, 2.24) is 0 Å². The number of aldehydes is 1. The first-order valence-electron chi connectivity index (χ1n) is 7.11. The fourth-order valence-corrected chi connectivity index (χ4v) is 1.79. The van der Waals surface area contributed by atoms with Crippen LogP contribution >= 0.6 is 0 Å². The predicted octanol–water partition coefficient (Wildman–Crippen LogP) is 5.22. The molecule has 0 fully saturated rings. The van der Waals surface area contributed by atoms with Crippen LogP contribution in [-0.4, -0.2) is 6.29 Å². The molecule has 0 aromatic carbocycles. The predicted molar refractivity (Wildman–Crippen MR) is 76.2 cm³/mol. The largest absolute Gasteiger partial charge is 0.303 e. The summed E-state index contributed by atoms with van der Waals surface area (Å²) in [7, 11) is 0. The lowest BCUT2D eigenvalue weighted by Gasteiger charge is -1.98. The van der Waals surface area contributed by atoms with Crippen molar-refractivity contribution in [2.75, 3.05) is 0 Å². The van der Waals surface area contributed by atoms with Gasteiger partial charge in [0.2, 0.25) is 0 Å². The van der Waals surface area contributed by atoms with Crippen LogP contribution < -0.4 is 0 Å². The molecule has 0 unspecified atom stereocenters. The van der Waals surface area contributed by atoms with E-state index in [1.807, 2.05) is 0 Å². The maximum Gasteiger partial charge on any atom is 0.119 e. The molecular formula is C16H28O. The standard InChI is InChI=1S/C16H28O/c1-2-3-4-5-6-7-8-9-10-11-12-13-14-15-16-17/h2-3,6-7,16H,4-5,8-15H2,1H3/b3-2+,7-6+. The Labute approximate surface area is 107 Å².